The van der Waals surface area contributed by atoms with Crippen molar-refractivity contribution in [1.82, 2.24) is 30.4 Å². The van der Waals surface area contributed by atoms with Gasteiger partial charge in [0.15, 0.2) is 5.01 Å². The number of amides is 3. The second-order valence-electron chi connectivity index (χ2n) is 8.99. The molecule has 3 amide bonds. The average molecular weight is 513 g/mol. The Kier molecular flexibility index (Phi) is 6.68. The molecule has 0 bridgehead atoms. The number of carbonyl (C=O) groups excluding carboxylic acids is 3. The minimum atomic E-state index is -0.451. The molecule has 9 nitrogen and oxygen atoms in total. The van der Waals surface area contributed by atoms with Crippen molar-refractivity contribution < 1.29 is 14.4 Å². The molecule has 5 rings (SSSR count). The van der Waals surface area contributed by atoms with Crippen LogP contribution in [-0.2, 0) is 17.8 Å². The van der Waals surface area contributed by atoms with Crippen molar-refractivity contribution in [3.05, 3.63) is 56.8 Å². The number of thiazole rings is 1. The summed E-state index contributed by atoms with van der Waals surface area (Å²) in [5.74, 6) is -0.622. The number of hydrogen-bond donors (Lipinski definition) is 2. The van der Waals surface area contributed by atoms with Crippen LogP contribution in [0.3, 0.4) is 0 Å². The van der Waals surface area contributed by atoms with Crippen molar-refractivity contribution in [1.29, 1.82) is 0 Å². The summed E-state index contributed by atoms with van der Waals surface area (Å²) < 4.78 is 0. The molecule has 11 heteroatoms. The lowest BCUT2D eigenvalue weighted by molar-refractivity contribution is -0.119. The van der Waals surface area contributed by atoms with Gasteiger partial charge in [-0.2, -0.15) is 0 Å². The van der Waals surface area contributed by atoms with E-state index in [4.69, 9.17) is 11.6 Å². The SMILES string of the molecule is CN1CCc2nc(C(=O)N[C@H]3CN(C=O)CC[C@@H]3NC(=O)c3cc4ccc(Cl)cc4cn3)sc2C1. The fourth-order valence-electron chi connectivity index (χ4n) is 4.52. The molecular formula is C24H25ClN6O3S. The number of likely N-dealkylation sites (tertiary alicyclic amines) is 1. The number of aromatic nitrogens is 2. The minimum absolute atomic E-state index is 0.277. The van der Waals surface area contributed by atoms with Crippen LogP contribution in [0.25, 0.3) is 10.8 Å². The monoisotopic (exact) mass is 512 g/mol. The summed E-state index contributed by atoms with van der Waals surface area (Å²) in [6, 6.07) is 6.31. The molecule has 3 aromatic rings. The van der Waals surface area contributed by atoms with Gasteiger partial charge in [0.1, 0.15) is 5.69 Å². The highest BCUT2D eigenvalue weighted by molar-refractivity contribution is 7.13. The molecule has 0 unspecified atom stereocenters. The Morgan fingerprint density at radius 3 is 2.80 bits per heavy atom. The molecule has 182 valence electrons. The number of carbonyl (C=O) groups is 3. The molecule has 0 saturated carbocycles. The smallest absolute Gasteiger partial charge is 0.280 e. The first-order chi connectivity index (χ1) is 16.9. The van der Waals surface area contributed by atoms with Gasteiger partial charge in [0, 0.05) is 54.1 Å². The molecule has 2 N–H and O–H groups in total. The van der Waals surface area contributed by atoms with Crippen molar-refractivity contribution in [3.8, 4) is 0 Å². The maximum atomic E-state index is 13.1. The van der Waals surface area contributed by atoms with Crippen LogP contribution in [-0.4, -0.2) is 76.8 Å². The summed E-state index contributed by atoms with van der Waals surface area (Å²) in [5, 5.41) is 8.73. The number of pyridine rings is 1. The molecule has 0 spiro atoms. The van der Waals surface area contributed by atoms with Gasteiger partial charge in [-0.25, -0.2) is 4.98 Å². The Balaban J connectivity index is 1.31. The highest BCUT2D eigenvalue weighted by Gasteiger charge is 2.33. The zero-order valence-corrected chi connectivity index (χ0v) is 20.7. The van der Waals surface area contributed by atoms with Gasteiger partial charge in [-0.05, 0) is 37.1 Å². The summed E-state index contributed by atoms with van der Waals surface area (Å²) in [6.07, 6.45) is 3.72. The Morgan fingerprint density at radius 1 is 1.14 bits per heavy atom. The predicted octanol–water partition coefficient (Wildman–Crippen LogP) is 2.09. The number of benzene rings is 1. The molecule has 1 saturated heterocycles. The van der Waals surface area contributed by atoms with Gasteiger partial charge in [0.2, 0.25) is 6.41 Å². The predicted molar refractivity (Wildman–Crippen MR) is 134 cm³/mol. The van der Waals surface area contributed by atoms with Crippen LogP contribution in [0.4, 0.5) is 0 Å². The molecule has 35 heavy (non-hydrogen) atoms. The van der Waals surface area contributed by atoms with Crippen LogP contribution in [0, 0.1) is 0 Å². The van der Waals surface area contributed by atoms with Crippen molar-refractivity contribution in [2.24, 2.45) is 0 Å². The highest BCUT2D eigenvalue weighted by Crippen LogP contribution is 2.25. The standard InChI is InChI=1S/C24H25ClN6O3S/c1-30-6-4-18-21(12-30)35-24(29-18)23(34)28-20-11-31(13-32)7-5-17(20)27-22(33)19-9-14-2-3-16(25)8-15(14)10-26-19/h2-3,8-10,13,17,20H,4-7,11-12H2,1H3,(H,27,33)(H,28,34)/t17-,20-/m0/s1. The number of nitrogens with one attached hydrogen (secondary N) is 2. The summed E-state index contributed by atoms with van der Waals surface area (Å²) in [4.78, 5) is 51.3. The first-order valence-corrected chi connectivity index (χ1v) is 12.6. The summed E-state index contributed by atoms with van der Waals surface area (Å²) in [6.45, 7) is 2.49. The molecule has 0 aliphatic carbocycles. The fourth-order valence-corrected chi connectivity index (χ4v) is 5.79. The van der Waals surface area contributed by atoms with Gasteiger partial charge in [-0.1, -0.05) is 17.7 Å². The number of halogens is 1. The fraction of sp³-hybridized carbons (Fsp3) is 0.375. The van der Waals surface area contributed by atoms with E-state index in [0.29, 0.717) is 29.5 Å². The molecule has 2 aromatic heterocycles. The van der Waals surface area contributed by atoms with Crippen LogP contribution in [0.5, 0.6) is 0 Å². The van der Waals surface area contributed by atoms with Gasteiger partial charge in [-0.3, -0.25) is 19.4 Å². The van der Waals surface area contributed by atoms with Crippen molar-refractivity contribution in [2.45, 2.75) is 31.5 Å². The normalized spacial score (nSPS) is 20.3. The van der Waals surface area contributed by atoms with Crippen molar-refractivity contribution >= 4 is 51.9 Å². The van der Waals surface area contributed by atoms with Gasteiger partial charge in [-0.15, -0.1) is 11.3 Å². The Morgan fingerprint density at radius 2 is 1.97 bits per heavy atom. The van der Waals surface area contributed by atoms with Gasteiger partial charge >= 0.3 is 0 Å². The summed E-state index contributed by atoms with van der Waals surface area (Å²) >= 11 is 7.44. The van der Waals surface area contributed by atoms with Gasteiger partial charge in [0.25, 0.3) is 11.8 Å². The number of fused-ring (bicyclic) bond motifs is 2. The molecule has 2 aliphatic rings. The van der Waals surface area contributed by atoms with E-state index in [1.54, 1.807) is 29.3 Å². The Bertz CT molecular complexity index is 1300. The second kappa shape index (κ2) is 9.88. The molecule has 1 aromatic carbocycles. The number of hydrogen-bond acceptors (Lipinski definition) is 7. The minimum Gasteiger partial charge on any atom is -0.346 e. The molecule has 4 heterocycles. The van der Waals surface area contributed by atoms with Crippen LogP contribution in [0.2, 0.25) is 5.02 Å². The third kappa shape index (κ3) is 5.14. The van der Waals surface area contributed by atoms with Gasteiger partial charge in [0.05, 0.1) is 17.8 Å². The third-order valence-corrected chi connectivity index (χ3v) is 7.78. The van der Waals surface area contributed by atoms with Crippen LogP contribution < -0.4 is 10.6 Å². The van der Waals surface area contributed by atoms with E-state index in [1.165, 1.54) is 11.3 Å². The lowest BCUT2D eigenvalue weighted by Gasteiger charge is -2.37. The second-order valence-corrected chi connectivity index (χ2v) is 10.5. The maximum Gasteiger partial charge on any atom is 0.280 e. The topological polar surface area (TPSA) is 108 Å². The van der Waals surface area contributed by atoms with Gasteiger partial charge < -0.3 is 20.4 Å². The van der Waals surface area contributed by atoms with Crippen LogP contribution in [0.15, 0.2) is 30.5 Å². The number of likely N-dealkylation sites (N-methyl/N-ethyl adjacent to an activating group) is 1. The van der Waals surface area contributed by atoms with Crippen LogP contribution >= 0.6 is 22.9 Å². The third-order valence-electron chi connectivity index (χ3n) is 6.46. The first-order valence-electron chi connectivity index (χ1n) is 11.4. The van der Waals surface area contributed by atoms with Crippen molar-refractivity contribution in [2.75, 3.05) is 26.7 Å². The van der Waals surface area contributed by atoms with E-state index in [1.807, 2.05) is 13.1 Å². The van der Waals surface area contributed by atoms with E-state index in [-0.39, 0.29) is 23.6 Å². The number of piperidine rings is 1. The molecule has 1 fully saturated rings. The Hall–Kier alpha value is -3.08. The zero-order valence-electron chi connectivity index (χ0n) is 19.2. The quantitative estimate of drug-likeness (QED) is 0.507. The van der Waals surface area contributed by atoms with E-state index in [9.17, 15) is 14.4 Å². The molecule has 2 atom stereocenters. The zero-order chi connectivity index (χ0) is 24.5. The lowest BCUT2D eigenvalue weighted by atomic mass is 9.99. The Labute approximate surface area is 211 Å². The molecule has 0 radical (unpaired) electrons. The van der Waals surface area contributed by atoms with Crippen LogP contribution in [0.1, 0.15) is 37.3 Å². The first kappa shape index (κ1) is 23.7. The van der Waals surface area contributed by atoms with E-state index in [0.717, 1.165) is 47.3 Å². The maximum absolute atomic E-state index is 13.1. The van der Waals surface area contributed by atoms with Crippen molar-refractivity contribution in [3.63, 3.8) is 0 Å². The largest absolute Gasteiger partial charge is 0.346 e. The number of nitrogens with zero attached hydrogens (tertiary/aromatic N) is 4. The highest BCUT2D eigenvalue weighted by atomic mass is 35.5. The molecular weight excluding hydrogens is 488 g/mol. The van der Waals surface area contributed by atoms with E-state index < -0.39 is 6.04 Å². The van der Waals surface area contributed by atoms with E-state index in [2.05, 4.69) is 25.5 Å². The summed E-state index contributed by atoms with van der Waals surface area (Å²) in [7, 11) is 2.05. The number of rotatable bonds is 5. The summed E-state index contributed by atoms with van der Waals surface area (Å²) in [5.41, 5.74) is 1.25. The van der Waals surface area contributed by atoms with E-state index >= 15 is 0 Å². The lowest BCUT2D eigenvalue weighted by Crippen LogP contribution is -2.60. The molecule has 2 aliphatic heterocycles. The average Bonchev–Trinajstić information content (AvgIpc) is 3.28.